The highest BCUT2D eigenvalue weighted by Crippen LogP contribution is 2.53. The maximum absolute atomic E-state index is 14.2. The Bertz CT molecular complexity index is 1020. The van der Waals surface area contributed by atoms with E-state index in [2.05, 4.69) is 20.6 Å². The Kier molecular flexibility index (Phi) is 6.52. The van der Waals surface area contributed by atoms with E-state index in [1.54, 1.807) is 12.1 Å². The first-order valence-electron chi connectivity index (χ1n) is 10.5. The zero-order valence-electron chi connectivity index (χ0n) is 17.2. The topological polar surface area (TPSA) is 136 Å². The van der Waals surface area contributed by atoms with Crippen LogP contribution < -0.4 is 16.4 Å². The first-order valence-corrected chi connectivity index (χ1v) is 10.9. The number of nitro groups is 1. The average Bonchev–Trinajstić information content (AvgIpc) is 3.32. The molecule has 11 heteroatoms. The van der Waals surface area contributed by atoms with E-state index in [1.807, 2.05) is 6.07 Å². The SMILES string of the molecule is NC(=O)[C@H]1[C@@H]2CC(CCNCc3cccc([N+](=O)[O-])c3)[C@@H](C2)[C@H]1Nc1nc(Cl)ncc1F. The van der Waals surface area contributed by atoms with E-state index in [9.17, 15) is 19.3 Å². The van der Waals surface area contributed by atoms with Crippen LogP contribution in [0.15, 0.2) is 30.5 Å². The van der Waals surface area contributed by atoms with Gasteiger partial charge in [-0.1, -0.05) is 12.1 Å². The van der Waals surface area contributed by atoms with Gasteiger partial charge < -0.3 is 16.4 Å². The molecule has 9 nitrogen and oxygen atoms in total. The minimum Gasteiger partial charge on any atom is -0.369 e. The molecule has 2 saturated carbocycles. The number of amides is 1. The highest BCUT2D eigenvalue weighted by molar-refractivity contribution is 6.28. The Labute approximate surface area is 189 Å². The molecule has 2 aromatic rings. The summed E-state index contributed by atoms with van der Waals surface area (Å²) in [7, 11) is 0. The number of fused-ring (bicyclic) bond motifs is 2. The number of hydrogen-bond donors (Lipinski definition) is 3. The summed E-state index contributed by atoms with van der Waals surface area (Å²) in [6.45, 7) is 1.25. The molecule has 0 saturated heterocycles. The number of non-ortho nitro benzene ring substituents is 1. The first kappa shape index (κ1) is 22.3. The lowest BCUT2D eigenvalue weighted by atomic mass is 9.76. The van der Waals surface area contributed by atoms with Gasteiger partial charge in [0, 0.05) is 24.7 Å². The predicted octanol–water partition coefficient (Wildman–Crippen LogP) is 2.90. The molecule has 4 rings (SSSR count). The van der Waals surface area contributed by atoms with E-state index in [4.69, 9.17) is 17.3 Å². The van der Waals surface area contributed by atoms with Gasteiger partial charge in [-0.3, -0.25) is 14.9 Å². The highest BCUT2D eigenvalue weighted by atomic mass is 35.5. The van der Waals surface area contributed by atoms with Crippen molar-refractivity contribution < 1.29 is 14.1 Å². The molecule has 1 heterocycles. The van der Waals surface area contributed by atoms with Gasteiger partial charge in [-0.05, 0) is 60.7 Å². The zero-order valence-corrected chi connectivity index (χ0v) is 18.0. The number of halogens is 2. The van der Waals surface area contributed by atoms with Gasteiger partial charge in [0.05, 0.1) is 17.0 Å². The lowest BCUT2D eigenvalue weighted by Gasteiger charge is -2.35. The van der Waals surface area contributed by atoms with Crippen LogP contribution in [0.2, 0.25) is 5.28 Å². The molecule has 1 aromatic carbocycles. The van der Waals surface area contributed by atoms with Crippen molar-refractivity contribution in [3.8, 4) is 0 Å². The third-order valence-corrected chi connectivity index (χ3v) is 6.81. The first-order chi connectivity index (χ1) is 15.3. The summed E-state index contributed by atoms with van der Waals surface area (Å²) in [6.07, 6.45) is 3.61. The monoisotopic (exact) mass is 462 g/mol. The van der Waals surface area contributed by atoms with Crippen molar-refractivity contribution in [1.82, 2.24) is 15.3 Å². The molecule has 1 amide bonds. The Hall–Kier alpha value is -2.85. The second kappa shape index (κ2) is 9.33. The van der Waals surface area contributed by atoms with E-state index in [-0.39, 0.29) is 40.6 Å². The lowest BCUT2D eigenvalue weighted by molar-refractivity contribution is -0.384. The van der Waals surface area contributed by atoms with Gasteiger partial charge in [-0.25, -0.2) is 9.37 Å². The van der Waals surface area contributed by atoms with Crippen LogP contribution >= 0.6 is 11.6 Å². The second-order valence-electron chi connectivity index (χ2n) is 8.48. The summed E-state index contributed by atoms with van der Waals surface area (Å²) < 4.78 is 14.2. The van der Waals surface area contributed by atoms with Crippen molar-refractivity contribution in [2.75, 3.05) is 11.9 Å². The number of anilines is 1. The number of aromatic nitrogens is 2. The molecule has 1 aromatic heterocycles. The third-order valence-electron chi connectivity index (χ3n) is 6.63. The minimum absolute atomic E-state index is 0.0173. The number of rotatable bonds is 9. The summed E-state index contributed by atoms with van der Waals surface area (Å²) in [5.41, 5.74) is 6.58. The molecule has 32 heavy (non-hydrogen) atoms. The molecule has 2 bridgehead atoms. The highest BCUT2D eigenvalue weighted by Gasteiger charge is 2.54. The molecule has 4 N–H and O–H groups in total. The number of hydrogen-bond acceptors (Lipinski definition) is 7. The van der Waals surface area contributed by atoms with Gasteiger partial charge in [-0.2, -0.15) is 4.98 Å². The molecule has 0 radical (unpaired) electrons. The largest absolute Gasteiger partial charge is 0.369 e. The van der Waals surface area contributed by atoms with Gasteiger partial charge in [0.1, 0.15) is 0 Å². The molecule has 5 atom stereocenters. The molecule has 2 aliphatic rings. The number of nitrogens with two attached hydrogens (primary N) is 1. The van der Waals surface area contributed by atoms with Crippen molar-refractivity contribution in [1.29, 1.82) is 0 Å². The average molecular weight is 463 g/mol. The van der Waals surface area contributed by atoms with Crippen LogP contribution in [-0.2, 0) is 11.3 Å². The normalized spacial score (nSPS) is 26.2. The Morgan fingerprint density at radius 1 is 1.38 bits per heavy atom. The second-order valence-corrected chi connectivity index (χ2v) is 8.82. The Balaban J connectivity index is 1.37. The fourth-order valence-corrected chi connectivity index (χ4v) is 5.47. The summed E-state index contributed by atoms with van der Waals surface area (Å²) in [4.78, 5) is 30.2. The molecule has 1 unspecified atom stereocenters. The number of nitrogens with zero attached hydrogens (tertiary/aromatic N) is 3. The molecule has 0 aliphatic heterocycles. The van der Waals surface area contributed by atoms with Gasteiger partial charge >= 0.3 is 0 Å². The van der Waals surface area contributed by atoms with Crippen LogP contribution in [0.25, 0.3) is 0 Å². The fraction of sp³-hybridized carbons (Fsp3) is 0.476. The van der Waals surface area contributed by atoms with Crippen molar-refractivity contribution in [2.45, 2.75) is 31.8 Å². The number of carbonyl (C=O) groups excluding carboxylic acids is 1. The van der Waals surface area contributed by atoms with Gasteiger partial charge in [-0.15, -0.1) is 0 Å². The van der Waals surface area contributed by atoms with Crippen LogP contribution in [0.1, 0.15) is 24.8 Å². The van der Waals surface area contributed by atoms with Crippen LogP contribution in [0, 0.1) is 39.6 Å². The minimum atomic E-state index is -0.629. The lowest BCUT2D eigenvalue weighted by Crippen LogP contribution is -2.45. The summed E-state index contributed by atoms with van der Waals surface area (Å²) in [5.74, 6) is -0.777. The van der Waals surface area contributed by atoms with E-state index in [0.717, 1.165) is 37.6 Å². The Morgan fingerprint density at radius 3 is 2.94 bits per heavy atom. The number of benzene rings is 1. The predicted molar refractivity (Wildman–Crippen MR) is 116 cm³/mol. The summed E-state index contributed by atoms with van der Waals surface area (Å²) in [6, 6.07) is 6.23. The van der Waals surface area contributed by atoms with Crippen molar-refractivity contribution in [2.24, 2.45) is 29.4 Å². The van der Waals surface area contributed by atoms with Crippen LogP contribution in [0.4, 0.5) is 15.9 Å². The molecular formula is C21H24ClFN6O3. The zero-order chi connectivity index (χ0) is 22.8. The number of nitro benzene ring substituents is 1. The summed E-state index contributed by atoms with van der Waals surface area (Å²) in [5, 5.41) is 17.3. The van der Waals surface area contributed by atoms with Gasteiger partial charge in [0.15, 0.2) is 11.6 Å². The van der Waals surface area contributed by atoms with Gasteiger partial charge in [0.25, 0.3) is 5.69 Å². The smallest absolute Gasteiger partial charge is 0.269 e. The molecular weight excluding hydrogens is 439 g/mol. The standard InChI is InChI=1S/C21H24ClFN6O3/c22-21-26-10-16(23)20(28-21)27-18-15-8-13(17(18)19(24)30)7-12(15)4-5-25-9-11-2-1-3-14(6-11)29(31)32/h1-3,6,10,12-13,15,17-18,25H,4-5,7-9H2,(H2,24,30)(H,26,27,28)/t12?,13-,15-,17+,18-/m1/s1. The van der Waals surface area contributed by atoms with Crippen LogP contribution in [0.3, 0.4) is 0 Å². The van der Waals surface area contributed by atoms with Gasteiger partial charge in [0.2, 0.25) is 11.2 Å². The Morgan fingerprint density at radius 2 is 2.19 bits per heavy atom. The van der Waals surface area contributed by atoms with E-state index >= 15 is 0 Å². The number of carbonyl (C=O) groups is 1. The number of primary amides is 1. The number of nitrogens with one attached hydrogen (secondary N) is 2. The molecule has 170 valence electrons. The summed E-state index contributed by atoms with van der Waals surface area (Å²) >= 11 is 5.80. The molecule has 2 aliphatic carbocycles. The van der Waals surface area contributed by atoms with Crippen LogP contribution in [-0.4, -0.2) is 33.4 Å². The van der Waals surface area contributed by atoms with E-state index in [1.165, 1.54) is 6.07 Å². The van der Waals surface area contributed by atoms with Crippen molar-refractivity contribution in [3.05, 3.63) is 57.2 Å². The molecule has 2 fully saturated rings. The van der Waals surface area contributed by atoms with E-state index in [0.29, 0.717) is 12.5 Å². The van der Waals surface area contributed by atoms with E-state index < -0.39 is 16.6 Å². The third kappa shape index (κ3) is 4.66. The van der Waals surface area contributed by atoms with Crippen molar-refractivity contribution in [3.63, 3.8) is 0 Å². The fourth-order valence-electron chi connectivity index (χ4n) is 5.34. The van der Waals surface area contributed by atoms with Crippen molar-refractivity contribution >= 4 is 29.0 Å². The van der Waals surface area contributed by atoms with Crippen LogP contribution in [0.5, 0.6) is 0 Å². The molecule has 0 spiro atoms. The quantitative estimate of drug-likeness (QED) is 0.225. The maximum Gasteiger partial charge on any atom is 0.269 e. The maximum atomic E-state index is 14.2.